The molecule has 0 aliphatic rings. The van der Waals surface area contributed by atoms with E-state index in [2.05, 4.69) is 10.6 Å². The Labute approximate surface area is 109 Å². The number of carbonyl (C=O) groups excluding carboxylic acids is 2. The van der Waals surface area contributed by atoms with Crippen LogP contribution >= 0.6 is 0 Å². The standard InChI is InChI=1S/C12H25N3O3/c1-4-6-12(2,13)11(17)15-7-5-10(16)14-8-9-18-3/h4-9,13H2,1-3H3,(H,14,16)(H,15,17). The number of rotatable bonds is 9. The van der Waals surface area contributed by atoms with E-state index < -0.39 is 5.54 Å². The Bertz CT molecular complexity index is 267. The average Bonchev–Trinajstić information content (AvgIpc) is 2.29. The molecule has 0 saturated carbocycles. The molecule has 0 saturated heterocycles. The van der Waals surface area contributed by atoms with Gasteiger partial charge in [-0.1, -0.05) is 13.3 Å². The van der Waals surface area contributed by atoms with Crippen LogP contribution in [0.2, 0.25) is 0 Å². The molecule has 6 heteroatoms. The van der Waals surface area contributed by atoms with Crippen molar-refractivity contribution >= 4 is 11.8 Å². The second kappa shape index (κ2) is 8.88. The quantitative estimate of drug-likeness (QED) is 0.499. The van der Waals surface area contributed by atoms with Gasteiger partial charge in [0.25, 0.3) is 0 Å². The van der Waals surface area contributed by atoms with Crippen LogP contribution in [0.5, 0.6) is 0 Å². The lowest BCUT2D eigenvalue weighted by molar-refractivity contribution is -0.126. The van der Waals surface area contributed by atoms with Crippen LogP contribution in [0.25, 0.3) is 0 Å². The van der Waals surface area contributed by atoms with Gasteiger partial charge in [-0.3, -0.25) is 9.59 Å². The minimum Gasteiger partial charge on any atom is -0.383 e. The van der Waals surface area contributed by atoms with Gasteiger partial charge < -0.3 is 21.1 Å². The first-order valence-electron chi connectivity index (χ1n) is 6.27. The first-order valence-corrected chi connectivity index (χ1v) is 6.27. The number of hydrogen-bond donors (Lipinski definition) is 3. The molecule has 0 aromatic carbocycles. The Morgan fingerprint density at radius 1 is 1.28 bits per heavy atom. The summed E-state index contributed by atoms with van der Waals surface area (Å²) in [6.07, 6.45) is 1.72. The maximum atomic E-state index is 11.7. The van der Waals surface area contributed by atoms with Crippen LogP contribution in [0.1, 0.15) is 33.1 Å². The highest BCUT2D eigenvalue weighted by atomic mass is 16.5. The number of hydrogen-bond acceptors (Lipinski definition) is 4. The molecule has 0 fully saturated rings. The van der Waals surface area contributed by atoms with Gasteiger partial charge in [0, 0.05) is 26.6 Å². The molecule has 0 radical (unpaired) electrons. The third-order valence-corrected chi connectivity index (χ3v) is 2.55. The Morgan fingerprint density at radius 2 is 1.94 bits per heavy atom. The Hall–Kier alpha value is -1.14. The zero-order valence-corrected chi connectivity index (χ0v) is 11.5. The normalized spacial score (nSPS) is 13.8. The van der Waals surface area contributed by atoms with Gasteiger partial charge in [0.05, 0.1) is 12.1 Å². The molecule has 1 atom stereocenters. The fourth-order valence-corrected chi connectivity index (χ4v) is 1.51. The summed E-state index contributed by atoms with van der Waals surface area (Å²) in [6, 6.07) is 0. The highest BCUT2D eigenvalue weighted by Crippen LogP contribution is 2.07. The maximum Gasteiger partial charge on any atom is 0.239 e. The van der Waals surface area contributed by atoms with E-state index in [0.29, 0.717) is 26.1 Å². The highest BCUT2D eigenvalue weighted by Gasteiger charge is 2.26. The third-order valence-electron chi connectivity index (χ3n) is 2.55. The second-order valence-electron chi connectivity index (χ2n) is 4.52. The first-order chi connectivity index (χ1) is 8.44. The predicted molar refractivity (Wildman–Crippen MR) is 70.0 cm³/mol. The minimum absolute atomic E-state index is 0.110. The number of methoxy groups -OCH3 is 1. The second-order valence-corrected chi connectivity index (χ2v) is 4.52. The predicted octanol–water partition coefficient (Wildman–Crippen LogP) is -0.227. The van der Waals surface area contributed by atoms with E-state index in [1.807, 2.05) is 6.92 Å². The zero-order valence-electron chi connectivity index (χ0n) is 11.5. The van der Waals surface area contributed by atoms with E-state index in [1.165, 1.54) is 0 Å². The van der Waals surface area contributed by atoms with Gasteiger partial charge in [-0.2, -0.15) is 0 Å². The van der Waals surface area contributed by atoms with Crippen molar-refractivity contribution < 1.29 is 14.3 Å². The molecule has 0 aliphatic heterocycles. The summed E-state index contributed by atoms with van der Waals surface area (Å²) < 4.78 is 4.81. The van der Waals surface area contributed by atoms with Gasteiger partial charge in [-0.25, -0.2) is 0 Å². The Balaban J connectivity index is 3.77. The number of carbonyl (C=O) groups is 2. The molecule has 0 aliphatic carbocycles. The van der Waals surface area contributed by atoms with E-state index in [9.17, 15) is 9.59 Å². The van der Waals surface area contributed by atoms with Gasteiger partial charge in [0.1, 0.15) is 0 Å². The lowest BCUT2D eigenvalue weighted by Crippen LogP contribution is -2.52. The average molecular weight is 259 g/mol. The zero-order chi connectivity index (χ0) is 14.0. The number of amides is 2. The Kier molecular flexibility index (Phi) is 8.32. The molecular weight excluding hydrogens is 234 g/mol. The molecule has 1 unspecified atom stereocenters. The molecule has 106 valence electrons. The van der Waals surface area contributed by atoms with E-state index in [-0.39, 0.29) is 18.2 Å². The van der Waals surface area contributed by atoms with Crippen LogP contribution in [0.4, 0.5) is 0 Å². The van der Waals surface area contributed by atoms with Crippen LogP contribution in [-0.4, -0.2) is 44.2 Å². The van der Waals surface area contributed by atoms with E-state index in [4.69, 9.17) is 10.5 Å². The summed E-state index contributed by atoms with van der Waals surface area (Å²) in [7, 11) is 1.57. The third kappa shape index (κ3) is 7.24. The smallest absolute Gasteiger partial charge is 0.239 e. The molecule has 2 amide bonds. The highest BCUT2D eigenvalue weighted by molar-refractivity contribution is 5.86. The minimum atomic E-state index is -0.860. The largest absolute Gasteiger partial charge is 0.383 e. The van der Waals surface area contributed by atoms with Crippen molar-refractivity contribution in [2.75, 3.05) is 26.8 Å². The summed E-state index contributed by atoms with van der Waals surface area (Å²) >= 11 is 0. The van der Waals surface area contributed by atoms with Crippen molar-refractivity contribution in [2.45, 2.75) is 38.6 Å². The SMILES string of the molecule is CCCC(C)(N)C(=O)NCCC(=O)NCCOC. The topological polar surface area (TPSA) is 93.5 Å². The number of ether oxygens (including phenoxy) is 1. The van der Waals surface area contributed by atoms with E-state index in [0.717, 1.165) is 6.42 Å². The lowest BCUT2D eigenvalue weighted by Gasteiger charge is -2.22. The molecule has 18 heavy (non-hydrogen) atoms. The van der Waals surface area contributed by atoms with Crippen molar-refractivity contribution in [3.63, 3.8) is 0 Å². The van der Waals surface area contributed by atoms with Crippen molar-refractivity contribution in [1.82, 2.24) is 10.6 Å². The summed E-state index contributed by atoms with van der Waals surface area (Å²) in [4.78, 5) is 23.0. The van der Waals surface area contributed by atoms with Crippen LogP contribution in [-0.2, 0) is 14.3 Å². The van der Waals surface area contributed by atoms with Gasteiger partial charge in [0.2, 0.25) is 11.8 Å². The molecular formula is C12H25N3O3. The summed E-state index contributed by atoms with van der Waals surface area (Å²) in [5.74, 6) is -0.324. The summed E-state index contributed by atoms with van der Waals surface area (Å²) in [5, 5.41) is 5.35. The van der Waals surface area contributed by atoms with Crippen molar-refractivity contribution in [3.05, 3.63) is 0 Å². The lowest BCUT2D eigenvalue weighted by atomic mass is 9.96. The van der Waals surface area contributed by atoms with Gasteiger partial charge in [-0.05, 0) is 13.3 Å². The molecule has 0 rings (SSSR count). The fourth-order valence-electron chi connectivity index (χ4n) is 1.51. The Morgan fingerprint density at radius 3 is 2.50 bits per heavy atom. The van der Waals surface area contributed by atoms with Gasteiger partial charge in [0.15, 0.2) is 0 Å². The molecule has 0 heterocycles. The van der Waals surface area contributed by atoms with Crippen molar-refractivity contribution in [1.29, 1.82) is 0 Å². The van der Waals surface area contributed by atoms with E-state index >= 15 is 0 Å². The molecule has 0 spiro atoms. The van der Waals surface area contributed by atoms with E-state index in [1.54, 1.807) is 14.0 Å². The summed E-state index contributed by atoms with van der Waals surface area (Å²) in [6.45, 7) is 4.93. The van der Waals surface area contributed by atoms with Crippen LogP contribution in [0, 0.1) is 0 Å². The van der Waals surface area contributed by atoms with Gasteiger partial charge in [-0.15, -0.1) is 0 Å². The fraction of sp³-hybridized carbons (Fsp3) is 0.833. The monoisotopic (exact) mass is 259 g/mol. The molecule has 4 N–H and O–H groups in total. The maximum absolute atomic E-state index is 11.7. The van der Waals surface area contributed by atoms with Gasteiger partial charge >= 0.3 is 0 Å². The van der Waals surface area contributed by atoms with Crippen LogP contribution < -0.4 is 16.4 Å². The van der Waals surface area contributed by atoms with Crippen LogP contribution in [0.15, 0.2) is 0 Å². The number of nitrogens with one attached hydrogen (secondary N) is 2. The van der Waals surface area contributed by atoms with Crippen molar-refractivity contribution in [2.24, 2.45) is 5.73 Å². The molecule has 6 nitrogen and oxygen atoms in total. The molecule has 0 bridgehead atoms. The van der Waals surface area contributed by atoms with Crippen LogP contribution in [0.3, 0.4) is 0 Å². The van der Waals surface area contributed by atoms with Crippen molar-refractivity contribution in [3.8, 4) is 0 Å². The first kappa shape index (κ1) is 16.9. The molecule has 0 aromatic rings. The summed E-state index contributed by atoms with van der Waals surface area (Å²) in [5.41, 5.74) is 5.00. The number of nitrogens with two attached hydrogens (primary N) is 1. The molecule has 0 aromatic heterocycles.